The Kier molecular flexibility index (Phi) is 5.80. The molecular weight excluding hydrogens is 308 g/mol. The fraction of sp³-hybridized carbons (Fsp3) is 0.588. The third-order valence-electron chi connectivity index (χ3n) is 4.64. The van der Waals surface area contributed by atoms with Crippen LogP contribution in [-0.2, 0) is 4.79 Å². The third kappa shape index (κ3) is 4.40. The molecule has 1 aromatic carbocycles. The summed E-state index contributed by atoms with van der Waals surface area (Å²) in [5.74, 6) is 2.03. The maximum absolute atomic E-state index is 12.3. The molecule has 0 radical (unpaired) electrons. The van der Waals surface area contributed by atoms with Crippen molar-refractivity contribution in [1.29, 1.82) is 0 Å². The Morgan fingerprint density at radius 3 is 2.65 bits per heavy atom. The lowest BCUT2D eigenvalue weighted by Gasteiger charge is -2.36. The van der Waals surface area contributed by atoms with Crippen molar-refractivity contribution in [3.05, 3.63) is 30.3 Å². The second-order valence-corrected chi connectivity index (χ2v) is 7.23. The van der Waals surface area contributed by atoms with Crippen molar-refractivity contribution < 1.29 is 4.79 Å². The number of hydrogen-bond acceptors (Lipinski definition) is 5. The summed E-state index contributed by atoms with van der Waals surface area (Å²) in [5.41, 5.74) is 1.31. The average molecular weight is 334 g/mol. The van der Waals surface area contributed by atoms with E-state index in [0.29, 0.717) is 0 Å². The number of amides is 1. The number of benzene rings is 1. The van der Waals surface area contributed by atoms with Crippen molar-refractivity contribution in [1.82, 2.24) is 15.1 Å². The summed E-state index contributed by atoms with van der Waals surface area (Å²) in [6.45, 7) is 6.02. The molecule has 1 atom stereocenters. The van der Waals surface area contributed by atoms with E-state index in [2.05, 4.69) is 45.4 Å². The molecule has 0 aromatic heterocycles. The van der Waals surface area contributed by atoms with Crippen LogP contribution < -0.4 is 10.2 Å². The van der Waals surface area contributed by atoms with E-state index in [1.54, 1.807) is 11.8 Å². The quantitative estimate of drug-likeness (QED) is 0.867. The third-order valence-corrected chi connectivity index (χ3v) is 5.58. The number of nitrogens with zero attached hydrogens (tertiary/aromatic N) is 3. The number of rotatable bonds is 5. The summed E-state index contributed by atoms with van der Waals surface area (Å²) in [4.78, 5) is 19.1. The van der Waals surface area contributed by atoms with E-state index in [9.17, 15) is 4.79 Å². The Morgan fingerprint density at radius 1 is 1.26 bits per heavy atom. The van der Waals surface area contributed by atoms with Gasteiger partial charge in [0.2, 0.25) is 5.91 Å². The van der Waals surface area contributed by atoms with Crippen molar-refractivity contribution in [2.75, 3.05) is 62.8 Å². The molecule has 0 spiro atoms. The maximum atomic E-state index is 12.3. The fourth-order valence-electron chi connectivity index (χ4n) is 3.09. The highest BCUT2D eigenvalue weighted by Gasteiger charge is 2.25. The molecule has 2 aliphatic rings. The molecule has 2 saturated heterocycles. The monoisotopic (exact) mass is 334 g/mol. The van der Waals surface area contributed by atoms with Crippen LogP contribution in [0.4, 0.5) is 5.69 Å². The lowest BCUT2D eigenvalue weighted by atomic mass is 10.2. The molecule has 0 saturated carbocycles. The summed E-state index contributed by atoms with van der Waals surface area (Å²) in [7, 11) is 1.92. The zero-order valence-electron chi connectivity index (χ0n) is 13.8. The van der Waals surface area contributed by atoms with Gasteiger partial charge < -0.3 is 9.80 Å². The molecule has 3 rings (SSSR count). The number of para-hydroxylation sites is 1. The lowest BCUT2D eigenvalue weighted by Crippen LogP contribution is -2.50. The number of thioether (sulfide) groups is 1. The molecule has 126 valence electrons. The summed E-state index contributed by atoms with van der Waals surface area (Å²) in [5, 5.41) is 3.25. The van der Waals surface area contributed by atoms with Crippen LogP contribution in [0.2, 0.25) is 0 Å². The minimum atomic E-state index is 0.0138. The molecule has 1 unspecified atom stereocenters. The number of carbonyl (C=O) groups excluding carboxylic acids is 1. The average Bonchev–Trinajstić information content (AvgIpc) is 3.15. The first-order chi connectivity index (χ1) is 11.2. The normalized spacial score (nSPS) is 22.3. The van der Waals surface area contributed by atoms with Crippen LogP contribution in [0, 0.1) is 0 Å². The maximum Gasteiger partial charge on any atom is 0.240 e. The Morgan fingerprint density at radius 2 is 2.00 bits per heavy atom. The first-order valence-electron chi connectivity index (χ1n) is 8.32. The second kappa shape index (κ2) is 8.04. The minimum absolute atomic E-state index is 0.0138. The Bertz CT molecular complexity index is 499. The summed E-state index contributed by atoms with van der Waals surface area (Å²) >= 11 is 1.80. The minimum Gasteiger partial charge on any atom is -0.369 e. The molecule has 0 bridgehead atoms. The van der Waals surface area contributed by atoms with Gasteiger partial charge in [-0.25, -0.2) is 0 Å². The lowest BCUT2D eigenvalue weighted by molar-refractivity contribution is -0.131. The number of nitrogens with one attached hydrogen (secondary N) is 1. The Balaban J connectivity index is 1.39. The van der Waals surface area contributed by atoms with Crippen molar-refractivity contribution in [2.24, 2.45) is 0 Å². The van der Waals surface area contributed by atoms with Gasteiger partial charge in [-0.15, -0.1) is 11.8 Å². The van der Waals surface area contributed by atoms with Crippen LogP contribution >= 0.6 is 11.8 Å². The topological polar surface area (TPSA) is 38.8 Å². The van der Waals surface area contributed by atoms with Gasteiger partial charge in [-0.05, 0) is 12.1 Å². The largest absolute Gasteiger partial charge is 0.369 e. The second-order valence-electron chi connectivity index (χ2n) is 6.20. The van der Waals surface area contributed by atoms with E-state index in [0.717, 1.165) is 50.9 Å². The molecule has 1 aromatic rings. The van der Waals surface area contributed by atoms with Crippen molar-refractivity contribution in [2.45, 2.75) is 6.04 Å². The fourth-order valence-corrected chi connectivity index (χ4v) is 4.02. The summed E-state index contributed by atoms with van der Waals surface area (Å²) < 4.78 is 0. The highest BCUT2D eigenvalue weighted by atomic mass is 32.2. The molecular formula is C17H26N4OS. The molecule has 1 N–H and O–H groups in total. The standard InChI is InChI=1S/C17H26N4OS/c1-19(17(22)16-13-23-14-18-16)7-8-20-9-11-21(12-10-20)15-5-3-2-4-6-15/h2-6,16,18H,7-14H2,1H3. The zero-order chi connectivity index (χ0) is 16.1. The molecule has 6 heteroatoms. The van der Waals surface area contributed by atoms with E-state index in [4.69, 9.17) is 0 Å². The van der Waals surface area contributed by atoms with E-state index in [1.807, 2.05) is 11.9 Å². The van der Waals surface area contributed by atoms with Crippen LogP contribution in [-0.4, -0.2) is 79.7 Å². The first-order valence-corrected chi connectivity index (χ1v) is 9.48. The van der Waals surface area contributed by atoms with E-state index in [1.165, 1.54) is 5.69 Å². The summed E-state index contributed by atoms with van der Waals surface area (Å²) in [6, 6.07) is 10.6. The van der Waals surface area contributed by atoms with Gasteiger partial charge in [-0.1, -0.05) is 18.2 Å². The van der Waals surface area contributed by atoms with Crippen LogP contribution in [0.3, 0.4) is 0 Å². The highest BCUT2D eigenvalue weighted by molar-refractivity contribution is 7.99. The van der Waals surface area contributed by atoms with E-state index >= 15 is 0 Å². The predicted octanol–water partition coefficient (Wildman–Crippen LogP) is 0.930. The Labute approximate surface area is 143 Å². The Hall–Kier alpha value is -1.24. The summed E-state index contributed by atoms with van der Waals surface area (Å²) in [6.07, 6.45) is 0. The van der Waals surface area contributed by atoms with Gasteiger partial charge in [0.15, 0.2) is 0 Å². The van der Waals surface area contributed by atoms with Gasteiger partial charge >= 0.3 is 0 Å². The highest BCUT2D eigenvalue weighted by Crippen LogP contribution is 2.15. The van der Waals surface area contributed by atoms with E-state index < -0.39 is 0 Å². The van der Waals surface area contributed by atoms with Crippen LogP contribution in [0.25, 0.3) is 0 Å². The number of anilines is 1. The smallest absolute Gasteiger partial charge is 0.240 e. The molecule has 2 heterocycles. The first kappa shape index (κ1) is 16.6. The molecule has 2 fully saturated rings. The molecule has 23 heavy (non-hydrogen) atoms. The van der Waals surface area contributed by atoms with Crippen molar-refractivity contribution in [3.63, 3.8) is 0 Å². The van der Waals surface area contributed by atoms with Gasteiger partial charge in [0.1, 0.15) is 0 Å². The number of hydrogen-bond donors (Lipinski definition) is 1. The van der Waals surface area contributed by atoms with Crippen molar-refractivity contribution >= 4 is 23.4 Å². The van der Waals surface area contributed by atoms with Crippen LogP contribution in [0.15, 0.2) is 30.3 Å². The van der Waals surface area contributed by atoms with Gasteiger partial charge in [0, 0.05) is 63.6 Å². The number of likely N-dealkylation sites (N-methyl/N-ethyl adjacent to an activating group) is 1. The molecule has 2 aliphatic heterocycles. The van der Waals surface area contributed by atoms with Crippen molar-refractivity contribution in [3.8, 4) is 0 Å². The number of piperazine rings is 1. The molecule has 5 nitrogen and oxygen atoms in total. The number of carbonyl (C=O) groups is 1. The molecule has 0 aliphatic carbocycles. The zero-order valence-corrected chi connectivity index (χ0v) is 14.6. The van der Waals surface area contributed by atoms with E-state index in [-0.39, 0.29) is 11.9 Å². The SMILES string of the molecule is CN(CCN1CCN(c2ccccc2)CC1)C(=O)C1CSCN1. The van der Waals surface area contributed by atoms with Crippen LogP contribution in [0.5, 0.6) is 0 Å². The molecule has 1 amide bonds. The van der Waals surface area contributed by atoms with Crippen LogP contribution in [0.1, 0.15) is 0 Å². The predicted molar refractivity (Wildman–Crippen MR) is 97.0 cm³/mol. The van der Waals surface area contributed by atoms with Gasteiger partial charge in [0.05, 0.1) is 6.04 Å². The van der Waals surface area contributed by atoms with Gasteiger partial charge in [-0.2, -0.15) is 0 Å². The van der Waals surface area contributed by atoms with Gasteiger partial charge in [0.25, 0.3) is 0 Å². The van der Waals surface area contributed by atoms with Gasteiger partial charge in [-0.3, -0.25) is 15.0 Å².